The van der Waals surface area contributed by atoms with Crippen LogP contribution >= 0.6 is 11.6 Å². The van der Waals surface area contributed by atoms with E-state index >= 15 is 0 Å². The molecule has 2 rings (SSSR count). The van der Waals surface area contributed by atoms with Gasteiger partial charge in [-0.25, -0.2) is 0 Å². The summed E-state index contributed by atoms with van der Waals surface area (Å²) in [6, 6.07) is 3.61. The van der Waals surface area contributed by atoms with Crippen LogP contribution in [0.4, 0.5) is 0 Å². The second-order valence-corrected chi connectivity index (χ2v) is 6.01. The molecular formula is C17H24ClNO2. The molecule has 4 heteroatoms. The molecule has 116 valence electrons. The van der Waals surface area contributed by atoms with E-state index in [4.69, 9.17) is 16.3 Å². The van der Waals surface area contributed by atoms with Crippen LogP contribution in [0, 0.1) is 6.92 Å². The van der Waals surface area contributed by atoms with Crippen molar-refractivity contribution in [3.05, 3.63) is 28.3 Å². The Hall–Kier alpha value is -1.06. The number of piperidine rings is 1. The molecule has 3 nitrogen and oxygen atoms in total. The summed E-state index contributed by atoms with van der Waals surface area (Å²) in [5, 5.41) is 0.625. The molecule has 21 heavy (non-hydrogen) atoms. The highest BCUT2D eigenvalue weighted by molar-refractivity contribution is 6.31. The van der Waals surface area contributed by atoms with Gasteiger partial charge in [-0.1, -0.05) is 18.0 Å². The number of halogens is 1. The van der Waals surface area contributed by atoms with Crippen molar-refractivity contribution in [2.45, 2.75) is 39.5 Å². The zero-order valence-electron chi connectivity index (χ0n) is 13.0. The van der Waals surface area contributed by atoms with Crippen molar-refractivity contribution in [1.82, 2.24) is 4.90 Å². The summed E-state index contributed by atoms with van der Waals surface area (Å²) in [5.74, 6) is 0.772. The van der Waals surface area contributed by atoms with Crippen molar-refractivity contribution in [1.29, 1.82) is 0 Å². The molecule has 1 aliphatic rings. The molecule has 0 bridgehead atoms. The van der Waals surface area contributed by atoms with Crippen LogP contribution < -0.4 is 4.74 Å². The first-order valence-corrected chi connectivity index (χ1v) is 8.18. The predicted octanol–water partition coefficient (Wildman–Crippen LogP) is 4.11. The topological polar surface area (TPSA) is 29.5 Å². The predicted molar refractivity (Wildman–Crippen MR) is 86.6 cm³/mol. The van der Waals surface area contributed by atoms with Crippen molar-refractivity contribution in [3.63, 3.8) is 0 Å². The quantitative estimate of drug-likeness (QED) is 0.741. The molecule has 1 aromatic rings. The third-order valence-corrected chi connectivity index (χ3v) is 4.37. The number of carbonyl (C=O) groups excluding carboxylic acids is 1. The van der Waals surface area contributed by atoms with Crippen LogP contribution in [0.25, 0.3) is 0 Å². The molecule has 0 N–H and O–H groups in total. The zero-order chi connectivity index (χ0) is 15.2. The smallest absolute Gasteiger partial charge is 0.167 e. The average Bonchev–Trinajstić information content (AvgIpc) is 2.49. The fourth-order valence-electron chi connectivity index (χ4n) is 2.73. The van der Waals surface area contributed by atoms with Crippen molar-refractivity contribution in [2.75, 3.05) is 26.2 Å². The third kappa shape index (κ3) is 4.45. The highest BCUT2D eigenvalue weighted by Crippen LogP contribution is 2.28. The largest absolute Gasteiger partial charge is 0.493 e. The molecule has 0 aliphatic carbocycles. The van der Waals surface area contributed by atoms with Gasteiger partial charge in [-0.3, -0.25) is 4.79 Å². The lowest BCUT2D eigenvalue weighted by Gasteiger charge is -2.26. The van der Waals surface area contributed by atoms with E-state index < -0.39 is 0 Å². The van der Waals surface area contributed by atoms with Crippen molar-refractivity contribution in [3.8, 4) is 5.75 Å². The summed E-state index contributed by atoms with van der Waals surface area (Å²) in [6.45, 7) is 7.45. The van der Waals surface area contributed by atoms with Gasteiger partial charge in [0.25, 0.3) is 0 Å². The van der Waals surface area contributed by atoms with Crippen LogP contribution in [0.1, 0.15) is 48.5 Å². The van der Waals surface area contributed by atoms with Crippen LogP contribution in [-0.4, -0.2) is 36.9 Å². The second-order valence-electron chi connectivity index (χ2n) is 5.61. The number of hydrogen-bond acceptors (Lipinski definition) is 3. The number of ether oxygens (including phenoxy) is 1. The molecule has 0 spiro atoms. The molecule has 0 aromatic heterocycles. The minimum atomic E-state index is 0.117. The molecule has 0 radical (unpaired) electrons. The molecule has 0 amide bonds. The summed E-state index contributed by atoms with van der Waals surface area (Å²) in [6.07, 6.45) is 4.33. The van der Waals surface area contributed by atoms with Crippen molar-refractivity contribution < 1.29 is 9.53 Å². The summed E-state index contributed by atoms with van der Waals surface area (Å²) in [4.78, 5) is 14.9. The third-order valence-electron chi connectivity index (χ3n) is 3.96. The summed E-state index contributed by atoms with van der Waals surface area (Å²) >= 11 is 6.16. The van der Waals surface area contributed by atoms with Crippen molar-refractivity contribution in [2.24, 2.45) is 0 Å². The average molecular weight is 310 g/mol. The molecule has 1 heterocycles. The van der Waals surface area contributed by atoms with Gasteiger partial charge in [-0.15, -0.1) is 0 Å². The Bertz CT molecular complexity index is 496. The summed E-state index contributed by atoms with van der Waals surface area (Å²) in [5.41, 5.74) is 1.55. The van der Waals surface area contributed by atoms with Gasteiger partial charge in [0, 0.05) is 18.0 Å². The second kappa shape index (κ2) is 7.81. The lowest BCUT2D eigenvalue weighted by atomic mass is 10.0. The Kier molecular flexibility index (Phi) is 6.07. The number of aryl methyl sites for hydroxylation is 1. The Labute approximate surface area is 132 Å². The van der Waals surface area contributed by atoms with Gasteiger partial charge < -0.3 is 9.64 Å². The Morgan fingerprint density at radius 2 is 2.00 bits per heavy atom. The van der Waals surface area contributed by atoms with E-state index in [0.29, 0.717) is 29.4 Å². The van der Waals surface area contributed by atoms with E-state index in [0.717, 1.165) is 25.2 Å². The van der Waals surface area contributed by atoms with E-state index in [1.54, 1.807) is 6.07 Å². The number of carbonyl (C=O) groups is 1. The Morgan fingerprint density at radius 1 is 1.29 bits per heavy atom. The molecule has 0 unspecified atom stereocenters. The van der Waals surface area contributed by atoms with Crippen LogP contribution in [0.3, 0.4) is 0 Å². The number of hydrogen-bond donors (Lipinski definition) is 0. The minimum Gasteiger partial charge on any atom is -0.493 e. The fourth-order valence-corrected chi connectivity index (χ4v) is 2.89. The maximum Gasteiger partial charge on any atom is 0.167 e. The molecular weight excluding hydrogens is 286 g/mol. The molecule has 1 fully saturated rings. The van der Waals surface area contributed by atoms with Crippen LogP contribution in [-0.2, 0) is 0 Å². The van der Waals surface area contributed by atoms with Gasteiger partial charge in [0.05, 0.1) is 12.2 Å². The first-order chi connectivity index (χ1) is 10.1. The van der Waals surface area contributed by atoms with E-state index in [1.165, 1.54) is 19.3 Å². The van der Waals surface area contributed by atoms with Gasteiger partial charge in [0.1, 0.15) is 5.75 Å². The lowest BCUT2D eigenvalue weighted by molar-refractivity contribution is 0.0955. The first-order valence-electron chi connectivity index (χ1n) is 7.80. The summed E-state index contributed by atoms with van der Waals surface area (Å²) in [7, 11) is 0. The van der Waals surface area contributed by atoms with Gasteiger partial charge in [-0.2, -0.15) is 0 Å². The van der Waals surface area contributed by atoms with Crippen LogP contribution in [0.15, 0.2) is 12.1 Å². The maximum absolute atomic E-state index is 12.5. The number of nitrogens with zero attached hydrogens (tertiary/aromatic N) is 1. The normalized spacial score (nSPS) is 16.0. The standard InChI is InChI=1S/C17H24ClNO2/c1-3-21-17-11-13(2)15(18)12-14(17)16(20)7-10-19-8-5-4-6-9-19/h11-12H,3-10H2,1-2H3. The highest BCUT2D eigenvalue weighted by atomic mass is 35.5. The highest BCUT2D eigenvalue weighted by Gasteiger charge is 2.17. The lowest BCUT2D eigenvalue weighted by Crippen LogP contribution is -2.31. The number of Topliss-reactive ketones (excluding diaryl/α,β-unsaturated/α-hetero) is 1. The Balaban J connectivity index is 2.04. The molecule has 1 aromatic carbocycles. The molecule has 0 saturated carbocycles. The monoisotopic (exact) mass is 309 g/mol. The number of likely N-dealkylation sites (tertiary alicyclic amines) is 1. The number of rotatable bonds is 6. The van der Waals surface area contributed by atoms with Gasteiger partial charge in [0.2, 0.25) is 0 Å². The van der Waals surface area contributed by atoms with E-state index in [2.05, 4.69) is 4.90 Å². The number of benzene rings is 1. The summed E-state index contributed by atoms with van der Waals surface area (Å²) < 4.78 is 5.59. The first kappa shape index (κ1) is 16.3. The fraction of sp³-hybridized carbons (Fsp3) is 0.588. The van der Waals surface area contributed by atoms with E-state index in [9.17, 15) is 4.79 Å². The van der Waals surface area contributed by atoms with Gasteiger partial charge >= 0.3 is 0 Å². The van der Waals surface area contributed by atoms with Crippen LogP contribution in [0.5, 0.6) is 5.75 Å². The SMILES string of the molecule is CCOc1cc(C)c(Cl)cc1C(=O)CCN1CCCCC1. The number of ketones is 1. The maximum atomic E-state index is 12.5. The molecule has 1 saturated heterocycles. The van der Waals surface area contributed by atoms with Crippen LogP contribution in [0.2, 0.25) is 5.02 Å². The van der Waals surface area contributed by atoms with E-state index in [1.807, 2.05) is 19.9 Å². The van der Waals surface area contributed by atoms with Gasteiger partial charge in [0.15, 0.2) is 5.78 Å². The molecule has 0 atom stereocenters. The van der Waals surface area contributed by atoms with Gasteiger partial charge in [-0.05, 0) is 57.5 Å². The van der Waals surface area contributed by atoms with Crippen molar-refractivity contribution >= 4 is 17.4 Å². The minimum absolute atomic E-state index is 0.117. The Morgan fingerprint density at radius 3 is 2.67 bits per heavy atom. The molecule has 1 aliphatic heterocycles. The van der Waals surface area contributed by atoms with E-state index in [-0.39, 0.29) is 5.78 Å². The zero-order valence-corrected chi connectivity index (χ0v) is 13.7.